The van der Waals surface area contributed by atoms with Gasteiger partial charge in [-0.1, -0.05) is 0 Å². The molecule has 190 valence electrons. The number of nitrogens with two attached hydrogens (primary N) is 1. The number of anilines is 1. The van der Waals surface area contributed by atoms with Crippen LogP contribution in [-0.2, 0) is 19.9 Å². The third kappa shape index (κ3) is 4.44. The van der Waals surface area contributed by atoms with Gasteiger partial charge in [0.15, 0.2) is 5.69 Å². The number of carbonyl (C=O) groups excluding carboxylic acids is 2. The van der Waals surface area contributed by atoms with Gasteiger partial charge < -0.3 is 11.1 Å². The van der Waals surface area contributed by atoms with Gasteiger partial charge in [0.2, 0.25) is 0 Å². The summed E-state index contributed by atoms with van der Waals surface area (Å²) >= 11 is 0.664. The van der Waals surface area contributed by atoms with Crippen LogP contribution in [0.2, 0.25) is 0 Å². The van der Waals surface area contributed by atoms with Crippen LogP contribution < -0.4 is 11.1 Å². The molecule has 0 saturated heterocycles. The van der Waals surface area contributed by atoms with Crippen LogP contribution in [0.1, 0.15) is 31.5 Å². The first kappa shape index (κ1) is 24.2. The van der Waals surface area contributed by atoms with Crippen LogP contribution in [0.25, 0.3) is 21.3 Å². The first-order valence-corrected chi connectivity index (χ1v) is 11.5. The molecular weight excluding hydrogens is 511 g/mol. The molecule has 5 rings (SSSR count). The molecule has 5 aromatic rings. The van der Waals surface area contributed by atoms with Crippen molar-refractivity contribution in [3.63, 3.8) is 0 Å². The number of halogens is 3. The number of primary amides is 1. The summed E-state index contributed by atoms with van der Waals surface area (Å²) in [6.07, 6.45) is 1.56. The van der Waals surface area contributed by atoms with Crippen molar-refractivity contribution >= 4 is 39.1 Å². The van der Waals surface area contributed by atoms with E-state index in [4.69, 9.17) is 5.73 Å². The lowest BCUT2D eigenvalue weighted by Gasteiger charge is -2.12. The number of nitrogens with zero attached hydrogens (tertiary/aromatic N) is 7. The molecule has 0 radical (unpaired) electrons. The van der Waals surface area contributed by atoms with E-state index in [9.17, 15) is 22.8 Å². The summed E-state index contributed by atoms with van der Waals surface area (Å²) in [4.78, 5) is 28.9. The van der Waals surface area contributed by atoms with Crippen LogP contribution in [0.4, 0.5) is 18.9 Å². The van der Waals surface area contributed by atoms with Crippen LogP contribution in [0.5, 0.6) is 0 Å². The summed E-state index contributed by atoms with van der Waals surface area (Å²) in [6.45, 7) is 1.94. The number of hydrogen-bond acceptors (Lipinski definition) is 7. The molecule has 15 heteroatoms. The summed E-state index contributed by atoms with van der Waals surface area (Å²) in [7, 11) is 1.65. The fourth-order valence-corrected chi connectivity index (χ4v) is 4.79. The highest BCUT2D eigenvalue weighted by atomic mass is 32.1. The van der Waals surface area contributed by atoms with E-state index in [1.807, 2.05) is 0 Å². The number of fused-ring (bicyclic) bond motifs is 1. The molecule has 2 amide bonds. The Morgan fingerprint density at radius 3 is 2.57 bits per heavy atom. The largest absolute Gasteiger partial charge is 0.433 e. The van der Waals surface area contributed by atoms with Crippen molar-refractivity contribution in [1.29, 1.82) is 0 Å². The van der Waals surface area contributed by atoms with Crippen molar-refractivity contribution in [2.45, 2.75) is 19.8 Å². The third-order valence-electron chi connectivity index (χ3n) is 5.66. The molecule has 37 heavy (non-hydrogen) atoms. The van der Waals surface area contributed by atoms with Gasteiger partial charge in [0.05, 0.1) is 11.9 Å². The second-order valence-corrected chi connectivity index (χ2v) is 9.05. The smallest absolute Gasteiger partial charge is 0.365 e. The standard InChI is InChI=1S/C22H18F3N9O2S/c1-11-13(9-28-32(11)2)12-8-15(22(23,24)25)29-21-16(12)17(18(37-21)19(26)35)30-20(36)14-4-7-34(31-14)10-33-6-3-5-27-33/h3-9H,10H2,1-2H3,(H2,26,35)(H,30,36). The second-order valence-electron chi connectivity index (χ2n) is 8.05. The third-order valence-corrected chi connectivity index (χ3v) is 6.76. The minimum absolute atomic E-state index is 0.0147. The molecule has 0 aliphatic carbocycles. The van der Waals surface area contributed by atoms with E-state index in [0.29, 0.717) is 22.6 Å². The van der Waals surface area contributed by atoms with E-state index in [1.165, 1.54) is 21.6 Å². The van der Waals surface area contributed by atoms with E-state index < -0.39 is 23.7 Å². The number of nitrogens with one attached hydrogen (secondary N) is 1. The Balaban J connectivity index is 1.63. The van der Waals surface area contributed by atoms with Crippen LogP contribution in [-0.4, -0.2) is 46.1 Å². The van der Waals surface area contributed by atoms with E-state index in [-0.39, 0.29) is 38.7 Å². The molecule has 0 spiro atoms. The van der Waals surface area contributed by atoms with Crippen molar-refractivity contribution < 1.29 is 22.8 Å². The Morgan fingerprint density at radius 2 is 1.95 bits per heavy atom. The minimum Gasteiger partial charge on any atom is -0.365 e. The average molecular weight is 530 g/mol. The summed E-state index contributed by atoms with van der Waals surface area (Å²) in [5, 5.41) is 15.2. The maximum Gasteiger partial charge on any atom is 0.433 e. The lowest BCUT2D eigenvalue weighted by Crippen LogP contribution is -2.18. The SMILES string of the molecule is Cc1c(-c2cc(C(F)(F)F)nc3sc(C(N)=O)c(NC(=O)c4ccn(Cn5cccn5)n4)c23)cnn1C. The van der Waals surface area contributed by atoms with Gasteiger partial charge in [-0.25, -0.2) is 4.98 Å². The van der Waals surface area contributed by atoms with E-state index >= 15 is 0 Å². The maximum atomic E-state index is 13.7. The van der Waals surface area contributed by atoms with Crippen molar-refractivity contribution in [1.82, 2.24) is 34.3 Å². The predicted octanol–water partition coefficient (Wildman–Crippen LogP) is 3.27. The summed E-state index contributed by atoms with van der Waals surface area (Å²) < 4.78 is 45.7. The van der Waals surface area contributed by atoms with Crippen LogP contribution in [0.3, 0.4) is 0 Å². The van der Waals surface area contributed by atoms with Gasteiger partial charge >= 0.3 is 6.18 Å². The lowest BCUT2D eigenvalue weighted by molar-refractivity contribution is -0.140. The molecule has 0 aliphatic heterocycles. The zero-order valence-electron chi connectivity index (χ0n) is 19.3. The summed E-state index contributed by atoms with van der Waals surface area (Å²) in [5.41, 5.74) is 5.42. The maximum absolute atomic E-state index is 13.7. The number of rotatable bonds is 6. The Bertz CT molecular complexity index is 1650. The number of pyridine rings is 1. The molecule has 5 heterocycles. The summed E-state index contributed by atoms with van der Waals surface area (Å²) in [5.74, 6) is -1.61. The predicted molar refractivity (Wildman–Crippen MR) is 128 cm³/mol. The van der Waals surface area contributed by atoms with Crippen LogP contribution in [0, 0.1) is 6.92 Å². The van der Waals surface area contributed by atoms with Crippen molar-refractivity contribution in [3.8, 4) is 11.1 Å². The number of alkyl halides is 3. The second kappa shape index (κ2) is 8.85. The molecule has 0 atom stereocenters. The van der Waals surface area contributed by atoms with Gasteiger partial charge in [-0.15, -0.1) is 11.3 Å². The number of thiophene rings is 1. The number of aryl methyl sites for hydroxylation is 1. The summed E-state index contributed by atoms with van der Waals surface area (Å²) in [6, 6.07) is 4.08. The molecular formula is C22H18F3N9O2S. The van der Waals surface area contributed by atoms with E-state index in [1.54, 1.807) is 43.3 Å². The highest BCUT2D eigenvalue weighted by Gasteiger charge is 2.35. The van der Waals surface area contributed by atoms with Gasteiger partial charge in [0.1, 0.15) is 22.1 Å². The van der Waals surface area contributed by atoms with Crippen molar-refractivity contribution in [2.24, 2.45) is 12.8 Å². The monoisotopic (exact) mass is 529 g/mol. The van der Waals surface area contributed by atoms with Crippen molar-refractivity contribution in [2.75, 3.05) is 5.32 Å². The molecule has 0 bridgehead atoms. The first-order valence-electron chi connectivity index (χ1n) is 10.7. The van der Waals surface area contributed by atoms with Gasteiger partial charge in [0.25, 0.3) is 11.8 Å². The van der Waals surface area contributed by atoms with Gasteiger partial charge in [-0.3, -0.25) is 23.6 Å². The Kier molecular flexibility index (Phi) is 5.78. The molecule has 0 aromatic carbocycles. The number of amides is 2. The number of carbonyl (C=O) groups is 2. The topological polar surface area (TPSA) is 139 Å². The highest BCUT2D eigenvalue weighted by molar-refractivity contribution is 7.21. The zero-order chi connectivity index (χ0) is 26.5. The molecule has 5 aromatic heterocycles. The van der Waals surface area contributed by atoms with Gasteiger partial charge in [0, 0.05) is 42.3 Å². The van der Waals surface area contributed by atoms with Crippen LogP contribution >= 0.6 is 11.3 Å². The zero-order valence-corrected chi connectivity index (χ0v) is 20.1. The molecule has 0 fully saturated rings. The van der Waals surface area contributed by atoms with Gasteiger partial charge in [-0.2, -0.15) is 28.5 Å². The number of hydrogen-bond donors (Lipinski definition) is 2. The molecule has 11 nitrogen and oxygen atoms in total. The first-order chi connectivity index (χ1) is 17.5. The van der Waals surface area contributed by atoms with E-state index in [2.05, 4.69) is 25.6 Å². The Hall–Kier alpha value is -4.53. The van der Waals surface area contributed by atoms with Crippen LogP contribution in [0.15, 0.2) is 43.0 Å². The molecule has 0 aliphatic rings. The fourth-order valence-electron chi connectivity index (χ4n) is 3.78. The fraction of sp³-hybridized carbons (Fsp3) is 0.182. The highest BCUT2D eigenvalue weighted by Crippen LogP contribution is 2.44. The molecule has 0 saturated carbocycles. The Morgan fingerprint density at radius 1 is 1.16 bits per heavy atom. The minimum atomic E-state index is -4.75. The van der Waals surface area contributed by atoms with Gasteiger partial charge in [-0.05, 0) is 30.7 Å². The quantitative estimate of drug-likeness (QED) is 0.346. The molecule has 0 unspecified atom stereocenters. The number of aromatic nitrogens is 7. The average Bonchev–Trinajstić information content (AvgIpc) is 3.62. The Labute approximate surface area is 210 Å². The molecule has 3 N–H and O–H groups in total. The van der Waals surface area contributed by atoms with E-state index in [0.717, 1.165) is 6.07 Å². The van der Waals surface area contributed by atoms with Crippen molar-refractivity contribution in [3.05, 3.63) is 64.9 Å². The lowest BCUT2D eigenvalue weighted by atomic mass is 10.0. The normalized spacial score (nSPS) is 11.8.